The smallest absolute Gasteiger partial charge is 0.0285 e. The fourth-order valence-electron chi connectivity index (χ4n) is 2.24. The fraction of sp³-hybridized carbons (Fsp3) is 1.00. The number of nitrogens with one attached hydrogen (secondary N) is 1. The molecule has 3 heteroatoms. The Morgan fingerprint density at radius 1 is 1.43 bits per heavy atom. The van der Waals surface area contributed by atoms with Crippen LogP contribution in [-0.2, 0) is 0 Å². The van der Waals surface area contributed by atoms with Gasteiger partial charge in [0.25, 0.3) is 0 Å². The summed E-state index contributed by atoms with van der Waals surface area (Å²) in [6.07, 6.45) is 1.46. The second-order valence-electron chi connectivity index (χ2n) is 4.92. The summed E-state index contributed by atoms with van der Waals surface area (Å²) in [7, 11) is 2.27. The molecule has 1 N–H and O–H groups in total. The molecule has 2 nitrogen and oxygen atoms in total. The molecule has 1 aliphatic carbocycles. The van der Waals surface area contributed by atoms with Crippen molar-refractivity contribution in [2.45, 2.75) is 19.4 Å². The number of hydrogen-bond donors (Lipinski definition) is 1. The van der Waals surface area contributed by atoms with Gasteiger partial charge in [0.1, 0.15) is 0 Å². The van der Waals surface area contributed by atoms with Crippen LogP contribution in [-0.4, -0.2) is 49.1 Å². The summed E-state index contributed by atoms with van der Waals surface area (Å²) in [5.74, 6) is 4.58. The third kappa shape index (κ3) is 3.14. The summed E-state index contributed by atoms with van der Waals surface area (Å²) in [5, 5.41) is 3.59. The van der Waals surface area contributed by atoms with E-state index in [1.807, 2.05) is 0 Å². The Kier molecular flexibility index (Phi) is 3.74. The first kappa shape index (κ1) is 10.8. The van der Waals surface area contributed by atoms with E-state index in [0.29, 0.717) is 0 Å². The quantitative estimate of drug-likeness (QED) is 0.759. The van der Waals surface area contributed by atoms with Crippen LogP contribution in [0.3, 0.4) is 0 Å². The molecule has 1 heterocycles. The van der Waals surface area contributed by atoms with E-state index in [9.17, 15) is 0 Å². The van der Waals surface area contributed by atoms with E-state index in [-0.39, 0.29) is 0 Å². The Morgan fingerprint density at radius 2 is 2.21 bits per heavy atom. The molecule has 0 aromatic rings. The maximum atomic E-state index is 3.59. The van der Waals surface area contributed by atoms with Crippen molar-refractivity contribution in [3.05, 3.63) is 0 Å². The Balaban J connectivity index is 1.63. The highest BCUT2D eigenvalue weighted by Crippen LogP contribution is 2.37. The van der Waals surface area contributed by atoms with Gasteiger partial charge in [0.2, 0.25) is 0 Å². The summed E-state index contributed by atoms with van der Waals surface area (Å²) >= 11 is 2.09. The number of likely N-dealkylation sites (N-methyl/N-ethyl adjacent to an activating group) is 1. The number of nitrogens with zero attached hydrogens (tertiary/aromatic N) is 1. The van der Waals surface area contributed by atoms with Gasteiger partial charge >= 0.3 is 0 Å². The molecule has 82 valence electrons. The molecule has 0 bridgehead atoms. The number of hydrogen-bond acceptors (Lipinski definition) is 3. The molecule has 2 fully saturated rings. The van der Waals surface area contributed by atoms with Crippen molar-refractivity contribution >= 4 is 11.8 Å². The van der Waals surface area contributed by atoms with Gasteiger partial charge in [0.15, 0.2) is 0 Å². The largest absolute Gasteiger partial charge is 0.311 e. The van der Waals surface area contributed by atoms with E-state index in [0.717, 1.165) is 17.9 Å². The third-order valence-corrected chi connectivity index (χ3v) is 4.48. The standard InChI is InChI=1S/C11H22N2S/c1-9-5-10(9)6-13(2)7-11-8-14-4-3-12-11/h9-12H,3-8H2,1-2H3. The average molecular weight is 214 g/mol. The molecule has 0 amide bonds. The molecule has 1 aliphatic heterocycles. The van der Waals surface area contributed by atoms with Crippen molar-refractivity contribution in [3.63, 3.8) is 0 Å². The highest BCUT2D eigenvalue weighted by atomic mass is 32.2. The molecule has 2 aliphatic rings. The molecule has 3 unspecified atom stereocenters. The highest BCUT2D eigenvalue weighted by molar-refractivity contribution is 7.99. The minimum absolute atomic E-state index is 0.729. The van der Waals surface area contributed by atoms with Crippen LogP contribution in [0.2, 0.25) is 0 Å². The molecular weight excluding hydrogens is 192 g/mol. The zero-order valence-electron chi connectivity index (χ0n) is 9.33. The summed E-state index contributed by atoms with van der Waals surface area (Å²) < 4.78 is 0. The molecule has 0 spiro atoms. The van der Waals surface area contributed by atoms with Gasteiger partial charge < -0.3 is 10.2 Å². The van der Waals surface area contributed by atoms with E-state index >= 15 is 0 Å². The predicted molar refractivity (Wildman–Crippen MR) is 63.9 cm³/mol. The topological polar surface area (TPSA) is 15.3 Å². The maximum Gasteiger partial charge on any atom is 0.0285 e. The summed E-state index contributed by atoms with van der Waals surface area (Å²) in [6, 6.07) is 0.729. The Morgan fingerprint density at radius 3 is 2.79 bits per heavy atom. The van der Waals surface area contributed by atoms with Crippen LogP contribution in [0.4, 0.5) is 0 Å². The highest BCUT2D eigenvalue weighted by Gasteiger charge is 2.33. The van der Waals surface area contributed by atoms with Crippen LogP contribution in [0.15, 0.2) is 0 Å². The van der Waals surface area contributed by atoms with E-state index in [2.05, 4.69) is 35.9 Å². The lowest BCUT2D eigenvalue weighted by Crippen LogP contribution is -2.45. The van der Waals surface area contributed by atoms with E-state index in [4.69, 9.17) is 0 Å². The van der Waals surface area contributed by atoms with Gasteiger partial charge in [-0.25, -0.2) is 0 Å². The van der Waals surface area contributed by atoms with Crippen LogP contribution in [0.5, 0.6) is 0 Å². The van der Waals surface area contributed by atoms with Gasteiger partial charge in [-0.3, -0.25) is 0 Å². The first-order chi connectivity index (χ1) is 6.75. The van der Waals surface area contributed by atoms with E-state index < -0.39 is 0 Å². The van der Waals surface area contributed by atoms with Crippen molar-refractivity contribution in [1.29, 1.82) is 0 Å². The SMILES string of the molecule is CC1CC1CN(C)CC1CSCCN1. The lowest BCUT2D eigenvalue weighted by atomic mass is 10.2. The normalized spacial score (nSPS) is 37.5. The van der Waals surface area contributed by atoms with Crippen molar-refractivity contribution in [2.24, 2.45) is 11.8 Å². The van der Waals surface area contributed by atoms with E-state index in [1.54, 1.807) is 0 Å². The molecule has 0 radical (unpaired) electrons. The summed E-state index contributed by atoms with van der Waals surface area (Å²) in [4.78, 5) is 2.51. The third-order valence-electron chi connectivity index (χ3n) is 3.35. The molecule has 2 rings (SSSR count). The molecule has 14 heavy (non-hydrogen) atoms. The molecule has 3 atom stereocenters. The Bertz CT molecular complexity index is 180. The molecule has 1 saturated carbocycles. The average Bonchev–Trinajstić information content (AvgIpc) is 2.83. The summed E-state index contributed by atoms with van der Waals surface area (Å²) in [6.45, 7) is 6.11. The van der Waals surface area contributed by atoms with Crippen molar-refractivity contribution in [3.8, 4) is 0 Å². The molecule has 1 saturated heterocycles. The zero-order valence-corrected chi connectivity index (χ0v) is 10.1. The summed E-state index contributed by atoms with van der Waals surface area (Å²) in [5.41, 5.74) is 0. The zero-order chi connectivity index (χ0) is 9.97. The second kappa shape index (κ2) is 4.86. The fourth-order valence-corrected chi connectivity index (χ4v) is 3.18. The number of thioether (sulfide) groups is 1. The first-order valence-corrected chi connectivity index (χ1v) is 6.91. The van der Waals surface area contributed by atoms with Gasteiger partial charge in [0.05, 0.1) is 0 Å². The Hall–Kier alpha value is 0.270. The molecule has 0 aromatic heterocycles. The van der Waals surface area contributed by atoms with Crippen molar-refractivity contribution in [2.75, 3.05) is 38.2 Å². The van der Waals surface area contributed by atoms with Gasteiger partial charge in [-0.2, -0.15) is 11.8 Å². The lowest BCUT2D eigenvalue weighted by Gasteiger charge is -2.27. The van der Waals surface area contributed by atoms with Gasteiger partial charge in [0, 0.05) is 37.2 Å². The first-order valence-electron chi connectivity index (χ1n) is 5.75. The number of rotatable bonds is 4. The van der Waals surface area contributed by atoms with Crippen LogP contribution in [0.1, 0.15) is 13.3 Å². The molecular formula is C11H22N2S. The Labute approximate surface area is 91.8 Å². The van der Waals surface area contributed by atoms with Gasteiger partial charge in [-0.05, 0) is 25.3 Å². The van der Waals surface area contributed by atoms with E-state index in [1.165, 1.54) is 37.6 Å². The van der Waals surface area contributed by atoms with Crippen LogP contribution < -0.4 is 5.32 Å². The van der Waals surface area contributed by atoms with Crippen LogP contribution in [0.25, 0.3) is 0 Å². The van der Waals surface area contributed by atoms with Gasteiger partial charge in [-0.15, -0.1) is 0 Å². The minimum atomic E-state index is 0.729. The lowest BCUT2D eigenvalue weighted by molar-refractivity contribution is 0.284. The second-order valence-corrected chi connectivity index (χ2v) is 6.07. The van der Waals surface area contributed by atoms with Crippen molar-refractivity contribution in [1.82, 2.24) is 10.2 Å². The predicted octanol–water partition coefficient (Wildman–Crippen LogP) is 1.28. The van der Waals surface area contributed by atoms with Crippen molar-refractivity contribution < 1.29 is 0 Å². The van der Waals surface area contributed by atoms with Gasteiger partial charge in [-0.1, -0.05) is 6.92 Å². The van der Waals surface area contributed by atoms with Crippen LogP contribution in [0, 0.1) is 11.8 Å². The minimum Gasteiger partial charge on any atom is -0.311 e. The monoisotopic (exact) mass is 214 g/mol. The molecule has 0 aromatic carbocycles. The maximum absolute atomic E-state index is 3.59. The van der Waals surface area contributed by atoms with Crippen LogP contribution >= 0.6 is 11.8 Å².